The highest BCUT2D eigenvalue weighted by Gasteiger charge is 2.20. The Kier molecular flexibility index (Phi) is 7.01. The van der Waals surface area contributed by atoms with E-state index < -0.39 is 5.91 Å². The van der Waals surface area contributed by atoms with Gasteiger partial charge in [-0.25, -0.2) is 0 Å². The predicted octanol–water partition coefficient (Wildman–Crippen LogP) is 2.55. The number of methoxy groups -OCH3 is 4. The van der Waals surface area contributed by atoms with Crippen LogP contribution in [0.4, 0.5) is 11.4 Å². The summed E-state index contributed by atoms with van der Waals surface area (Å²) in [6.45, 7) is -0.0561. The highest BCUT2D eigenvalue weighted by Crippen LogP contribution is 2.39. The molecule has 144 valence electrons. The van der Waals surface area contributed by atoms with Gasteiger partial charge in [0, 0.05) is 18.5 Å². The fourth-order valence-corrected chi connectivity index (χ4v) is 2.48. The second-order valence-corrected chi connectivity index (χ2v) is 5.40. The first-order valence-electron chi connectivity index (χ1n) is 8.03. The van der Waals surface area contributed by atoms with Crippen LogP contribution in [0.25, 0.3) is 0 Å². The molecule has 0 unspecified atom stereocenters. The maximum atomic E-state index is 12.7. The van der Waals surface area contributed by atoms with Crippen LogP contribution in [0.2, 0.25) is 0 Å². The van der Waals surface area contributed by atoms with E-state index in [4.69, 9.17) is 18.9 Å². The van der Waals surface area contributed by atoms with Crippen LogP contribution >= 0.6 is 0 Å². The normalized spacial score (nSPS) is 10.1. The molecular weight excluding hydrogens is 352 g/mol. The number of ether oxygens (including phenoxy) is 4. The lowest BCUT2D eigenvalue weighted by Crippen LogP contribution is -2.17. The number of hydrogen-bond donors (Lipinski definition) is 2. The molecule has 8 heteroatoms. The number of amides is 2. The van der Waals surface area contributed by atoms with Crippen molar-refractivity contribution in [2.45, 2.75) is 0 Å². The molecule has 0 aliphatic heterocycles. The van der Waals surface area contributed by atoms with Gasteiger partial charge in [-0.05, 0) is 30.3 Å². The second-order valence-electron chi connectivity index (χ2n) is 5.40. The molecule has 2 rings (SSSR count). The minimum Gasteiger partial charge on any atom is -0.493 e. The highest BCUT2D eigenvalue weighted by molar-refractivity contribution is 6.07. The molecule has 2 N–H and O–H groups in total. The summed E-state index contributed by atoms with van der Waals surface area (Å²) in [6, 6.07) is 9.97. The molecule has 0 heterocycles. The Morgan fingerprint density at radius 2 is 1.52 bits per heavy atom. The smallest absolute Gasteiger partial charge is 0.259 e. The summed E-state index contributed by atoms with van der Waals surface area (Å²) < 4.78 is 20.6. The highest BCUT2D eigenvalue weighted by atomic mass is 16.5. The fraction of sp³-hybridized carbons (Fsp3) is 0.263. The molecule has 0 bridgehead atoms. The summed E-state index contributed by atoms with van der Waals surface area (Å²) in [6.07, 6.45) is 0. The van der Waals surface area contributed by atoms with E-state index in [0.717, 1.165) is 0 Å². The van der Waals surface area contributed by atoms with Crippen LogP contribution in [0, 0.1) is 0 Å². The van der Waals surface area contributed by atoms with Crippen molar-refractivity contribution < 1.29 is 28.5 Å². The zero-order valence-electron chi connectivity index (χ0n) is 15.6. The van der Waals surface area contributed by atoms with Crippen LogP contribution in [0.5, 0.6) is 17.2 Å². The van der Waals surface area contributed by atoms with Gasteiger partial charge < -0.3 is 29.6 Å². The molecule has 0 radical (unpaired) electrons. The maximum absolute atomic E-state index is 12.7. The van der Waals surface area contributed by atoms with Crippen LogP contribution in [0.3, 0.4) is 0 Å². The van der Waals surface area contributed by atoms with Crippen molar-refractivity contribution in [2.24, 2.45) is 0 Å². The first kappa shape index (κ1) is 20.1. The third kappa shape index (κ3) is 4.89. The first-order valence-corrected chi connectivity index (χ1v) is 8.03. The van der Waals surface area contributed by atoms with E-state index in [1.54, 1.807) is 36.4 Å². The van der Waals surface area contributed by atoms with E-state index in [1.807, 2.05) is 0 Å². The van der Waals surface area contributed by atoms with Crippen molar-refractivity contribution in [3.8, 4) is 17.2 Å². The number of carbonyl (C=O) groups excluding carboxylic acids is 2. The second kappa shape index (κ2) is 9.44. The molecule has 0 aliphatic rings. The Morgan fingerprint density at radius 3 is 2.11 bits per heavy atom. The van der Waals surface area contributed by atoms with Crippen LogP contribution in [-0.2, 0) is 9.53 Å². The first-order chi connectivity index (χ1) is 13.0. The van der Waals surface area contributed by atoms with E-state index in [2.05, 4.69) is 10.6 Å². The lowest BCUT2D eigenvalue weighted by Gasteiger charge is -2.15. The van der Waals surface area contributed by atoms with Crippen LogP contribution in [0.15, 0.2) is 36.4 Å². The van der Waals surface area contributed by atoms with Crippen molar-refractivity contribution in [1.29, 1.82) is 0 Å². The molecule has 0 aromatic heterocycles. The summed E-state index contributed by atoms with van der Waals surface area (Å²) in [5, 5.41) is 5.45. The number of rotatable bonds is 8. The minimum absolute atomic E-state index is 0.0561. The monoisotopic (exact) mass is 374 g/mol. The molecule has 27 heavy (non-hydrogen) atoms. The van der Waals surface area contributed by atoms with Gasteiger partial charge >= 0.3 is 0 Å². The van der Waals surface area contributed by atoms with E-state index in [1.165, 1.54) is 28.4 Å². The molecule has 0 atom stereocenters. The molecule has 2 aromatic rings. The Labute approximate surface area is 157 Å². The van der Waals surface area contributed by atoms with Crippen LogP contribution < -0.4 is 24.8 Å². The summed E-state index contributed by atoms with van der Waals surface area (Å²) >= 11 is 0. The molecule has 0 aliphatic carbocycles. The van der Waals surface area contributed by atoms with Crippen molar-refractivity contribution >= 4 is 23.2 Å². The van der Waals surface area contributed by atoms with Crippen molar-refractivity contribution in [3.05, 3.63) is 42.0 Å². The van der Waals surface area contributed by atoms with Gasteiger partial charge in [-0.3, -0.25) is 9.59 Å². The number of carbonyl (C=O) groups is 2. The summed E-state index contributed by atoms with van der Waals surface area (Å²) in [5.74, 6) is 0.358. The minimum atomic E-state index is -0.395. The fourth-order valence-electron chi connectivity index (χ4n) is 2.48. The van der Waals surface area contributed by atoms with Crippen molar-refractivity contribution in [1.82, 2.24) is 0 Å². The Morgan fingerprint density at radius 1 is 0.852 bits per heavy atom. The molecule has 8 nitrogen and oxygen atoms in total. The lowest BCUT2D eigenvalue weighted by atomic mass is 10.1. The van der Waals surface area contributed by atoms with Gasteiger partial charge in [-0.1, -0.05) is 6.07 Å². The topological polar surface area (TPSA) is 95.1 Å². The molecule has 0 fully saturated rings. The maximum Gasteiger partial charge on any atom is 0.259 e. The SMILES string of the molecule is COCC(=O)Nc1cccc(NC(=O)c2ccc(OC)c(OC)c2OC)c1. The van der Waals surface area contributed by atoms with Gasteiger partial charge in [0.1, 0.15) is 6.61 Å². The largest absolute Gasteiger partial charge is 0.493 e. The van der Waals surface area contributed by atoms with Gasteiger partial charge in [-0.15, -0.1) is 0 Å². The number of benzene rings is 2. The average Bonchev–Trinajstić information content (AvgIpc) is 2.66. The quantitative estimate of drug-likeness (QED) is 0.737. The number of hydrogen-bond acceptors (Lipinski definition) is 6. The lowest BCUT2D eigenvalue weighted by molar-refractivity contribution is -0.119. The molecule has 0 saturated heterocycles. The standard InChI is InChI=1S/C19H22N2O6/c1-24-11-16(22)20-12-6-5-7-13(10-12)21-19(23)14-8-9-15(25-2)18(27-4)17(14)26-3/h5-10H,11H2,1-4H3,(H,20,22)(H,21,23). The molecule has 2 amide bonds. The van der Waals surface area contributed by atoms with Crippen LogP contribution in [-0.4, -0.2) is 46.9 Å². The molecule has 2 aromatic carbocycles. The Bertz CT molecular complexity index is 822. The molecular formula is C19H22N2O6. The average molecular weight is 374 g/mol. The van der Waals surface area contributed by atoms with Crippen molar-refractivity contribution in [3.63, 3.8) is 0 Å². The van der Waals surface area contributed by atoms with Gasteiger partial charge in [0.05, 0.1) is 26.9 Å². The third-order valence-corrected chi connectivity index (χ3v) is 3.63. The van der Waals surface area contributed by atoms with E-state index in [-0.39, 0.29) is 23.8 Å². The number of anilines is 2. The summed E-state index contributed by atoms with van der Waals surface area (Å²) in [4.78, 5) is 24.3. The van der Waals surface area contributed by atoms with E-state index in [0.29, 0.717) is 22.9 Å². The zero-order valence-corrected chi connectivity index (χ0v) is 15.6. The van der Waals surface area contributed by atoms with E-state index >= 15 is 0 Å². The van der Waals surface area contributed by atoms with Crippen LogP contribution in [0.1, 0.15) is 10.4 Å². The Hall–Kier alpha value is -3.26. The summed E-state index contributed by atoms with van der Waals surface area (Å²) in [7, 11) is 5.85. The van der Waals surface area contributed by atoms with Gasteiger partial charge in [0.25, 0.3) is 5.91 Å². The molecule has 0 saturated carbocycles. The van der Waals surface area contributed by atoms with Gasteiger partial charge in [0.15, 0.2) is 11.5 Å². The van der Waals surface area contributed by atoms with E-state index in [9.17, 15) is 9.59 Å². The Balaban J connectivity index is 2.24. The van der Waals surface area contributed by atoms with Gasteiger partial charge in [0.2, 0.25) is 11.7 Å². The molecule has 0 spiro atoms. The van der Waals surface area contributed by atoms with Gasteiger partial charge in [-0.2, -0.15) is 0 Å². The number of nitrogens with one attached hydrogen (secondary N) is 2. The zero-order chi connectivity index (χ0) is 19.8. The third-order valence-electron chi connectivity index (χ3n) is 3.63. The van der Waals surface area contributed by atoms with Crippen molar-refractivity contribution in [2.75, 3.05) is 45.7 Å². The predicted molar refractivity (Wildman–Crippen MR) is 101 cm³/mol. The summed E-state index contributed by atoms with van der Waals surface area (Å²) in [5.41, 5.74) is 1.32.